The van der Waals surface area contributed by atoms with E-state index in [-0.39, 0.29) is 18.8 Å². The fraction of sp³-hybridized carbons (Fsp3) is 0.647. The summed E-state index contributed by atoms with van der Waals surface area (Å²) in [7, 11) is 0. The number of halogens is 6. The van der Waals surface area contributed by atoms with E-state index in [9.17, 15) is 26.3 Å². The summed E-state index contributed by atoms with van der Waals surface area (Å²) in [5, 5.41) is 0. The van der Waals surface area contributed by atoms with Crippen LogP contribution in [-0.2, 0) is 5.92 Å². The lowest BCUT2D eigenvalue weighted by molar-refractivity contribution is -0.286. The van der Waals surface area contributed by atoms with Crippen LogP contribution in [0, 0.1) is 11.8 Å². The average Bonchev–Trinajstić information content (AvgIpc) is 2.87. The Hall–Kier alpha value is -1.60. The lowest BCUT2D eigenvalue weighted by atomic mass is 9.76. The van der Waals surface area contributed by atoms with E-state index in [4.69, 9.17) is 0 Å². The van der Waals surface area contributed by atoms with Crippen molar-refractivity contribution in [2.45, 2.75) is 57.2 Å². The van der Waals surface area contributed by atoms with Gasteiger partial charge < -0.3 is 9.47 Å². The van der Waals surface area contributed by atoms with Crippen LogP contribution in [0.4, 0.5) is 26.3 Å². The van der Waals surface area contributed by atoms with E-state index in [1.54, 1.807) is 0 Å². The number of fused-ring (bicyclic) bond motifs is 1. The SMILES string of the molecule is CCC1CCC(C(F)(F)C(F)(F)c2ccc3c(c2)OC(F)(F)O3)CC1. The molecule has 0 N–H and O–H groups in total. The van der Waals surface area contributed by atoms with E-state index in [1.165, 1.54) is 0 Å². The Morgan fingerprint density at radius 3 is 2.20 bits per heavy atom. The average molecular weight is 368 g/mol. The molecule has 140 valence electrons. The van der Waals surface area contributed by atoms with Crippen molar-refractivity contribution >= 4 is 0 Å². The van der Waals surface area contributed by atoms with Crippen LogP contribution in [0.15, 0.2) is 18.2 Å². The zero-order chi connectivity index (χ0) is 18.5. The lowest BCUT2D eigenvalue weighted by Crippen LogP contribution is -2.45. The van der Waals surface area contributed by atoms with Crippen LogP contribution >= 0.6 is 0 Å². The molecule has 0 aromatic heterocycles. The molecule has 0 unspecified atom stereocenters. The molecule has 8 heteroatoms. The quantitative estimate of drug-likeness (QED) is 0.611. The van der Waals surface area contributed by atoms with Crippen molar-refractivity contribution in [1.82, 2.24) is 0 Å². The minimum Gasteiger partial charge on any atom is -0.395 e. The second-order valence-corrected chi connectivity index (χ2v) is 6.65. The largest absolute Gasteiger partial charge is 0.586 e. The van der Waals surface area contributed by atoms with Crippen LogP contribution in [0.2, 0.25) is 0 Å². The monoisotopic (exact) mass is 368 g/mol. The molecule has 1 aliphatic carbocycles. The van der Waals surface area contributed by atoms with E-state index >= 15 is 0 Å². The number of hydrogen-bond donors (Lipinski definition) is 0. The first kappa shape index (κ1) is 18.2. The Morgan fingerprint density at radius 2 is 1.60 bits per heavy atom. The van der Waals surface area contributed by atoms with Crippen LogP contribution in [-0.4, -0.2) is 12.2 Å². The van der Waals surface area contributed by atoms with Gasteiger partial charge in [-0.25, -0.2) is 0 Å². The van der Waals surface area contributed by atoms with Gasteiger partial charge in [0, 0.05) is 11.5 Å². The van der Waals surface area contributed by atoms with E-state index in [0.717, 1.165) is 12.5 Å². The zero-order valence-electron chi connectivity index (χ0n) is 13.5. The van der Waals surface area contributed by atoms with Gasteiger partial charge in [0.2, 0.25) is 0 Å². The van der Waals surface area contributed by atoms with Crippen LogP contribution in [0.5, 0.6) is 11.5 Å². The van der Waals surface area contributed by atoms with Gasteiger partial charge in [0.25, 0.3) is 0 Å². The predicted octanol–water partition coefficient (Wildman–Crippen LogP) is 5.95. The van der Waals surface area contributed by atoms with E-state index in [1.807, 2.05) is 6.92 Å². The van der Waals surface area contributed by atoms with Gasteiger partial charge in [-0.05, 0) is 49.8 Å². The molecule has 0 amide bonds. The maximum absolute atomic E-state index is 14.5. The van der Waals surface area contributed by atoms with Crippen LogP contribution in [0.25, 0.3) is 0 Å². The zero-order valence-corrected chi connectivity index (χ0v) is 13.5. The smallest absolute Gasteiger partial charge is 0.395 e. The molecule has 25 heavy (non-hydrogen) atoms. The Morgan fingerprint density at radius 1 is 1.00 bits per heavy atom. The summed E-state index contributed by atoms with van der Waals surface area (Å²) in [4.78, 5) is 0. The summed E-state index contributed by atoms with van der Waals surface area (Å²) in [5.41, 5.74) is -1.06. The lowest BCUT2D eigenvalue weighted by Gasteiger charge is -2.37. The number of hydrogen-bond acceptors (Lipinski definition) is 2. The van der Waals surface area contributed by atoms with Gasteiger partial charge in [0.1, 0.15) is 0 Å². The highest BCUT2D eigenvalue weighted by Gasteiger charge is 2.62. The topological polar surface area (TPSA) is 18.5 Å². The van der Waals surface area contributed by atoms with Crippen LogP contribution < -0.4 is 9.47 Å². The fourth-order valence-electron chi connectivity index (χ4n) is 3.53. The van der Waals surface area contributed by atoms with E-state index < -0.39 is 41.1 Å². The Bertz CT molecular complexity index is 638. The van der Waals surface area contributed by atoms with Crippen molar-refractivity contribution in [1.29, 1.82) is 0 Å². The summed E-state index contributed by atoms with van der Waals surface area (Å²) in [6, 6.07) is 1.97. The second kappa shape index (κ2) is 5.99. The Balaban J connectivity index is 1.84. The molecule has 3 rings (SSSR count). The van der Waals surface area contributed by atoms with Gasteiger partial charge in [-0.1, -0.05) is 13.3 Å². The van der Waals surface area contributed by atoms with E-state index in [2.05, 4.69) is 9.47 Å². The first-order chi connectivity index (χ1) is 11.6. The third kappa shape index (κ3) is 3.15. The van der Waals surface area contributed by atoms with Gasteiger partial charge in [0.05, 0.1) is 0 Å². The molecule has 0 saturated heterocycles. The minimum absolute atomic E-state index is 0.0176. The third-order valence-electron chi connectivity index (χ3n) is 5.12. The minimum atomic E-state index is -4.49. The van der Waals surface area contributed by atoms with Crippen molar-refractivity contribution in [3.8, 4) is 11.5 Å². The summed E-state index contributed by atoms with van der Waals surface area (Å²) >= 11 is 0. The number of benzene rings is 1. The molecule has 0 atom stereocenters. The number of alkyl halides is 6. The first-order valence-electron chi connectivity index (χ1n) is 8.23. The summed E-state index contributed by atoms with van der Waals surface area (Å²) in [5.74, 6) is -11.1. The Kier molecular flexibility index (Phi) is 4.36. The normalized spacial score (nSPS) is 25.9. The van der Waals surface area contributed by atoms with Gasteiger partial charge in [-0.3, -0.25) is 0 Å². The van der Waals surface area contributed by atoms with E-state index in [0.29, 0.717) is 25.0 Å². The molecule has 1 aliphatic heterocycles. The standard InChI is InChI=1S/C17H18F6O2/c1-2-10-3-5-11(6-4-10)15(18,19)16(20,21)12-7-8-13-14(9-12)25-17(22,23)24-13/h7-11H,2-6H2,1H3. The van der Waals surface area contributed by atoms with Crippen LogP contribution in [0.1, 0.15) is 44.6 Å². The number of rotatable bonds is 4. The van der Waals surface area contributed by atoms with Crippen molar-refractivity contribution in [2.24, 2.45) is 11.8 Å². The van der Waals surface area contributed by atoms with Crippen molar-refractivity contribution < 1.29 is 35.8 Å². The summed E-state index contributed by atoms with van der Waals surface area (Å²) < 4.78 is 92.3. The second-order valence-electron chi connectivity index (χ2n) is 6.65. The molecule has 0 radical (unpaired) electrons. The maximum atomic E-state index is 14.5. The fourth-order valence-corrected chi connectivity index (χ4v) is 3.53. The molecule has 1 aromatic carbocycles. The van der Waals surface area contributed by atoms with Crippen molar-refractivity contribution in [3.05, 3.63) is 23.8 Å². The highest BCUT2D eigenvalue weighted by molar-refractivity contribution is 5.46. The molecule has 1 aromatic rings. The molecular formula is C17H18F6O2. The van der Waals surface area contributed by atoms with Crippen molar-refractivity contribution in [2.75, 3.05) is 0 Å². The summed E-state index contributed by atoms with van der Waals surface area (Å²) in [6.45, 7) is 1.94. The van der Waals surface area contributed by atoms with Gasteiger partial charge >= 0.3 is 18.1 Å². The highest BCUT2D eigenvalue weighted by Crippen LogP contribution is 2.53. The molecule has 2 aliphatic rings. The maximum Gasteiger partial charge on any atom is 0.586 e. The first-order valence-corrected chi connectivity index (χ1v) is 8.23. The summed E-state index contributed by atoms with van der Waals surface area (Å²) in [6.07, 6.45) is -2.14. The molecule has 1 saturated carbocycles. The Labute approximate surface area is 141 Å². The van der Waals surface area contributed by atoms with Crippen molar-refractivity contribution in [3.63, 3.8) is 0 Å². The number of ether oxygens (including phenoxy) is 2. The molecule has 0 spiro atoms. The molecule has 1 fully saturated rings. The third-order valence-corrected chi connectivity index (χ3v) is 5.12. The molecule has 0 bridgehead atoms. The van der Waals surface area contributed by atoms with Crippen LogP contribution in [0.3, 0.4) is 0 Å². The van der Waals surface area contributed by atoms with Gasteiger partial charge in [0.15, 0.2) is 11.5 Å². The highest BCUT2D eigenvalue weighted by atomic mass is 19.3. The van der Waals surface area contributed by atoms with Gasteiger partial charge in [-0.2, -0.15) is 17.6 Å². The molecule has 1 heterocycles. The van der Waals surface area contributed by atoms with Gasteiger partial charge in [-0.15, -0.1) is 8.78 Å². The molecule has 2 nitrogen and oxygen atoms in total. The predicted molar refractivity (Wildman–Crippen MR) is 77.2 cm³/mol. The molecular weight excluding hydrogens is 350 g/mol.